The number of aromatic nitrogens is 2. The van der Waals surface area contributed by atoms with Crippen LogP contribution in [0, 0.1) is 0 Å². The Hall–Kier alpha value is -1.32. The molecule has 0 aliphatic rings. The zero-order valence-electron chi connectivity index (χ0n) is 9.74. The zero-order chi connectivity index (χ0) is 11.6. The van der Waals surface area contributed by atoms with Crippen molar-refractivity contribution in [1.82, 2.24) is 9.78 Å². The molecule has 0 saturated heterocycles. The van der Waals surface area contributed by atoms with Crippen molar-refractivity contribution >= 4 is 5.97 Å². The number of nitrogens with zero attached hydrogens (tertiary/aromatic N) is 2. The summed E-state index contributed by atoms with van der Waals surface area (Å²) in [4.78, 5) is 10.6. The normalized spacial score (nSPS) is 11.7. The van der Waals surface area contributed by atoms with Crippen molar-refractivity contribution in [1.29, 1.82) is 0 Å². The molecule has 1 rings (SSSR count). The third kappa shape index (κ3) is 2.81. The van der Waals surface area contributed by atoms with Crippen molar-refractivity contribution in [3.8, 4) is 0 Å². The highest BCUT2D eigenvalue weighted by molar-refractivity contribution is 5.69. The molecule has 0 aliphatic heterocycles. The standard InChI is InChI=1S/C11H18N2O2/c1-5-9-6-8(7-10(14)15)12-13(9)11(2,3)4/h6H,5,7H2,1-4H3,(H,14,15). The average molecular weight is 210 g/mol. The molecule has 0 saturated carbocycles. The minimum absolute atomic E-state index is 0.00389. The Morgan fingerprint density at radius 2 is 2.13 bits per heavy atom. The van der Waals surface area contributed by atoms with Crippen LogP contribution in [0.5, 0.6) is 0 Å². The molecule has 0 unspecified atom stereocenters. The van der Waals surface area contributed by atoms with Crippen LogP contribution in [0.15, 0.2) is 6.07 Å². The van der Waals surface area contributed by atoms with Gasteiger partial charge < -0.3 is 5.11 Å². The molecule has 0 spiro atoms. The average Bonchev–Trinajstić information content (AvgIpc) is 2.45. The first-order valence-electron chi connectivity index (χ1n) is 5.14. The van der Waals surface area contributed by atoms with Gasteiger partial charge in [-0.3, -0.25) is 9.48 Å². The topological polar surface area (TPSA) is 55.1 Å². The summed E-state index contributed by atoms with van der Waals surface area (Å²) in [5, 5.41) is 13.0. The summed E-state index contributed by atoms with van der Waals surface area (Å²) in [5.74, 6) is -0.837. The quantitative estimate of drug-likeness (QED) is 0.828. The predicted octanol–water partition coefficient (Wildman–Crippen LogP) is 1.83. The molecule has 1 heterocycles. The summed E-state index contributed by atoms with van der Waals surface area (Å²) >= 11 is 0. The molecule has 4 nitrogen and oxygen atoms in total. The first-order valence-corrected chi connectivity index (χ1v) is 5.14. The molecule has 0 aliphatic carbocycles. The third-order valence-electron chi connectivity index (χ3n) is 2.16. The van der Waals surface area contributed by atoms with E-state index in [4.69, 9.17) is 5.11 Å². The van der Waals surface area contributed by atoms with Gasteiger partial charge in [0, 0.05) is 5.69 Å². The Labute approximate surface area is 89.9 Å². The molecule has 1 N–H and O–H groups in total. The van der Waals surface area contributed by atoms with Crippen molar-refractivity contribution in [2.45, 2.75) is 46.1 Å². The maximum atomic E-state index is 10.6. The van der Waals surface area contributed by atoms with Crippen molar-refractivity contribution in [3.05, 3.63) is 17.5 Å². The van der Waals surface area contributed by atoms with Gasteiger partial charge in [-0.1, -0.05) is 6.92 Å². The van der Waals surface area contributed by atoms with Crippen LogP contribution >= 0.6 is 0 Å². The van der Waals surface area contributed by atoms with Crippen LogP contribution in [0.3, 0.4) is 0 Å². The van der Waals surface area contributed by atoms with Crippen LogP contribution < -0.4 is 0 Å². The molecule has 0 aromatic carbocycles. The number of aliphatic carboxylic acids is 1. The van der Waals surface area contributed by atoms with Crippen LogP contribution in [-0.2, 0) is 23.2 Å². The monoisotopic (exact) mass is 210 g/mol. The van der Waals surface area contributed by atoms with Gasteiger partial charge >= 0.3 is 5.97 Å². The van der Waals surface area contributed by atoms with Crippen LogP contribution in [0.4, 0.5) is 0 Å². The summed E-state index contributed by atoms with van der Waals surface area (Å²) in [6, 6.07) is 1.87. The molecule has 15 heavy (non-hydrogen) atoms. The molecule has 0 amide bonds. The van der Waals surface area contributed by atoms with E-state index in [1.165, 1.54) is 0 Å². The molecule has 0 radical (unpaired) electrons. The summed E-state index contributed by atoms with van der Waals surface area (Å²) in [6.07, 6.45) is 0.861. The minimum atomic E-state index is -0.837. The molecule has 1 aromatic heterocycles. The van der Waals surface area contributed by atoms with Gasteiger partial charge in [0.05, 0.1) is 17.7 Å². The van der Waals surface area contributed by atoms with E-state index in [0.29, 0.717) is 5.69 Å². The lowest BCUT2D eigenvalue weighted by Gasteiger charge is -2.22. The lowest BCUT2D eigenvalue weighted by atomic mass is 10.1. The van der Waals surface area contributed by atoms with Gasteiger partial charge in [0.15, 0.2) is 0 Å². The minimum Gasteiger partial charge on any atom is -0.481 e. The van der Waals surface area contributed by atoms with E-state index in [1.807, 2.05) is 17.7 Å². The smallest absolute Gasteiger partial charge is 0.309 e. The number of carbonyl (C=O) groups is 1. The fraction of sp³-hybridized carbons (Fsp3) is 0.636. The molecule has 0 atom stereocenters. The van der Waals surface area contributed by atoms with Crippen molar-refractivity contribution in [2.75, 3.05) is 0 Å². The van der Waals surface area contributed by atoms with Crippen LogP contribution in [0.25, 0.3) is 0 Å². The maximum absolute atomic E-state index is 10.6. The van der Waals surface area contributed by atoms with Crippen molar-refractivity contribution in [3.63, 3.8) is 0 Å². The highest BCUT2D eigenvalue weighted by Crippen LogP contribution is 2.18. The highest BCUT2D eigenvalue weighted by atomic mass is 16.4. The molecular weight excluding hydrogens is 192 g/mol. The second kappa shape index (κ2) is 4.04. The Kier molecular flexibility index (Phi) is 3.17. The van der Waals surface area contributed by atoms with E-state index in [9.17, 15) is 4.79 Å². The van der Waals surface area contributed by atoms with Crippen LogP contribution in [0.1, 0.15) is 39.1 Å². The van der Waals surface area contributed by atoms with E-state index in [0.717, 1.165) is 12.1 Å². The van der Waals surface area contributed by atoms with Gasteiger partial charge in [-0.05, 0) is 33.3 Å². The van der Waals surface area contributed by atoms with Crippen LogP contribution in [0.2, 0.25) is 0 Å². The number of hydrogen-bond acceptors (Lipinski definition) is 2. The van der Waals surface area contributed by atoms with E-state index in [-0.39, 0.29) is 12.0 Å². The second-order valence-corrected chi connectivity index (χ2v) is 4.63. The molecule has 1 aromatic rings. The lowest BCUT2D eigenvalue weighted by molar-refractivity contribution is -0.136. The molecular formula is C11H18N2O2. The number of rotatable bonds is 3. The number of carboxylic acids is 1. The zero-order valence-corrected chi connectivity index (χ0v) is 9.74. The molecule has 84 valence electrons. The summed E-state index contributed by atoms with van der Waals surface area (Å²) < 4.78 is 1.91. The highest BCUT2D eigenvalue weighted by Gasteiger charge is 2.19. The first-order chi connectivity index (χ1) is 6.84. The largest absolute Gasteiger partial charge is 0.481 e. The Balaban J connectivity index is 3.06. The van der Waals surface area contributed by atoms with Gasteiger partial charge in [0.1, 0.15) is 0 Å². The predicted molar refractivity (Wildman–Crippen MR) is 57.9 cm³/mol. The fourth-order valence-corrected chi connectivity index (χ4v) is 1.55. The second-order valence-electron chi connectivity index (χ2n) is 4.63. The third-order valence-corrected chi connectivity index (χ3v) is 2.16. The summed E-state index contributed by atoms with van der Waals surface area (Å²) in [5.41, 5.74) is 1.62. The Morgan fingerprint density at radius 3 is 2.47 bits per heavy atom. The SMILES string of the molecule is CCc1cc(CC(=O)O)nn1C(C)(C)C. The van der Waals surface area contributed by atoms with Gasteiger partial charge in [-0.25, -0.2) is 0 Å². The van der Waals surface area contributed by atoms with E-state index < -0.39 is 5.97 Å². The van der Waals surface area contributed by atoms with Gasteiger partial charge in [-0.15, -0.1) is 0 Å². The Bertz CT molecular complexity index is 361. The molecule has 0 fully saturated rings. The van der Waals surface area contributed by atoms with E-state index >= 15 is 0 Å². The van der Waals surface area contributed by atoms with Gasteiger partial charge in [0.25, 0.3) is 0 Å². The first kappa shape index (κ1) is 11.8. The fourth-order valence-electron chi connectivity index (χ4n) is 1.55. The maximum Gasteiger partial charge on any atom is 0.309 e. The Morgan fingerprint density at radius 1 is 1.53 bits per heavy atom. The van der Waals surface area contributed by atoms with E-state index in [1.54, 1.807) is 0 Å². The van der Waals surface area contributed by atoms with Crippen molar-refractivity contribution in [2.24, 2.45) is 0 Å². The van der Waals surface area contributed by atoms with E-state index in [2.05, 4.69) is 25.9 Å². The summed E-state index contributed by atoms with van der Waals surface area (Å²) in [6.45, 7) is 8.22. The lowest BCUT2D eigenvalue weighted by Crippen LogP contribution is -2.25. The van der Waals surface area contributed by atoms with Crippen molar-refractivity contribution < 1.29 is 9.90 Å². The van der Waals surface area contributed by atoms with Crippen LogP contribution in [-0.4, -0.2) is 20.9 Å². The molecule has 4 heteroatoms. The van der Waals surface area contributed by atoms with Gasteiger partial charge in [-0.2, -0.15) is 5.10 Å². The molecule has 0 bridgehead atoms. The summed E-state index contributed by atoms with van der Waals surface area (Å²) in [7, 11) is 0. The van der Waals surface area contributed by atoms with Gasteiger partial charge in [0.2, 0.25) is 0 Å². The number of hydrogen-bond donors (Lipinski definition) is 1. The number of carboxylic acid groups (broad SMARTS) is 1. The number of aryl methyl sites for hydroxylation is 1.